The van der Waals surface area contributed by atoms with Gasteiger partial charge in [-0.05, 0) is 57.7 Å². The summed E-state index contributed by atoms with van der Waals surface area (Å²) in [6.07, 6.45) is 0.684. The SMILES string of the molecule is C[C@H](O)c1ccc(C2(NC(=O)OC(C)(C)C)CC2)cc1Cl. The van der Waals surface area contributed by atoms with Crippen LogP contribution in [0.15, 0.2) is 18.2 Å². The molecule has 0 unspecified atom stereocenters. The third-order valence-electron chi connectivity index (χ3n) is 3.49. The van der Waals surface area contributed by atoms with Crippen molar-refractivity contribution in [2.45, 2.75) is 57.8 Å². The van der Waals surface area contributed by atoms with Crippen LogP contribution in [0.25, 0.3) is 0 Å². The van der Waals surface area contributed by atoms with Crippen molar-refractivity contribution in [1.29, 1.82) is 0 Å². The Labute approximate surface area is 130 Å². The highest BCUT2D eigenvalue weighted by Crippen LogP contribution is 2.46. The van der Waals surface area contributed by atoms with Crippen molar-refractivity contribution in [1.82, 2.24) is 5.32 Å². The lowest BCUT2D eigenvalue weighted by Gasteiger charge is -2.24. The first-order valence-electron chi connectivity index (χ1n) is 7.12. The summed E-state index contributed by atoms with van der Waals surface area (Å²) in [7, 11) is 0. The fourth-order valence-electron chi connectivity index (χ4n) is 2.27. The second kappa shape index (κ2) is 5.50. The van der Waals surface area contributed by atoms with Crippen LogP contribution in [0.5, 0.6) is 0 Å². The monoisotopic (exact) mass is 311 g/mol. The first-order chi connectivity index (χ1) is 9.63. The van der Waals surface area contributed by atoms with Crippen molar-refractivity contribution in [2.75, 3.05) is 0 Å². The van der Waals surface area contributed by atoms with Gasteiger partial charge in [0.25, 0.3) is 0 Å². The number of benzene rings is 1. The van der Waals surface area contributed by atoms with Crippen LogP contribution in [-0.2, 0) is 10.3 Å². The first kappa shape index (κ1) is 16.1. The largest absolute Gasteiger partial charge is 0.444 e. The van der Waals surface area contributed by atoms with Crippen molar-refractivity contribution >= 4 is 17.7 Å². The predicted octanol–water partition coefficient (Wildman–Crippen LogP) is 3.91. The van der Waals surface area contributed by atoms with Gasteiger partial charge in [-0.3, -0.25) is 0 Å². The molecule has 5 heteroatoms. The molecule has 4 nitrogen and oxygen atoms in total. The van der Waals surface area contributed by atoms with Crippen LogP contribution in [0.3, 0.4) is 0 Å². The van der Waals surface area contributed by atoms with E-state index in [1.807, 2.05) is 32.9 Å². The number of halogens is 1. The Kier molecular flexibility index (Phi) is 4.22. The molecule has 0 spiro atoms. The van der Waals surface area contributed by atoms with Gasteiger partial charge >= 0.3 is 6.09 Å². The average molecular weight is 312 g/mol. The number of amides is 1. The number of nitrogens with one attached hydrogen (secondary N) is 1. The van der Waals surface area contributed by atoms with Crippen LogP contribution in [-0.4, -0.2) is 16.8 Å². The van der Waals surface area contributed by atoms with Crippen LogP contribution in [0.2, 0.25) is 5.02 Å². The number of ether oxygens (including phenoxy) is 1. The molecule has 0 aromatic heterocycles. The van der Waals surface area contributed by atoms with E-state index in [0.29, 0.717) is 10.6 Å². The highest BCUT2D eigenvalue weighted by molar-refractivity contribution is 6.31. The zero-order valence-corrected chi connectivity index (χ0v) is 13.6. The van der Waals surface area contributed by atoms with E-state index in [-0.39, 0.29) is 5.54 Å². The van der Waals surface area contributed by atoms with Crippen LogP contribution < -0.4 is 5.32 Å². The summed E-state index contributed by atoms with van der Waals surface area (Å²) in [5.74, 6) is 0. The van der Waals surface area contributed by atoms with Crippen molar-refractivity contribution < 1.29 is 14.6 Å². The van der Waals surface area contributed by atoms with Gasteiger partial charge < -0.3 is 15.2 Å². The van der Waals surface area contributed by atoms with Gasteiger partial charge in [0.2, 0.25) is 0 Å². The number of alkyl carbamates (subject to hydrolysis) is 1. The maximum atomic E-state index is 11.9. The standard InChI is InChI=1S/C16H22ClNO3/c1-10(19)12-6-5-11(9-13(12)17)16(7-8-16)18-14(20)21-15(2,3)4/h5-6,9-10,19H,7-8H2,1-4H3,(H,18,20)/t10-/m0/s1. The highest BCUT2D eigenvalue weighted by atomic mass is 35.5. The van der Waals surface area contributed by atoms with E-state index < -0.39 is 17.8 Å². The second-order valence-corrected chi connectivity index (χ2v) is 7.03. The van der Waals surface area contributed by atoms with Gasteiger partial charge in [-0.15, -0.1) is 0 Å². The molecule has 0 heterocycles. The molecule has 0 saturated heterocycles. The Morgan fingerprint density at radius 1 is 1.43 bits per heavy atom. The number of carbonyl (C=O) groups is 1. The minimum atomic E-state index is -0.611. The highest BCUT2D eigenvalue weighted by Gasteiger charge is 2.46. The molecule has 116 valence electrons. The molecule has 1 aliphatic carbocycles. The van der Waals surface area contributed by atoms with Crippen molar-refractivity contribution in [3.05, 3.63) is 34.3 Å². The van der Waals surface area contributed by atoms with Crippen LogP contribution in [0.4, 0.5) is 4.79 Å². The van der Waals surface area contributed by atoms with E-state index in [9.17, 15) is 9.90 Å². The molecule has 1 amide bonds. The molecule has 1 atom stereocenters. The zero-order valence-electron chi connectivity index (χ0n) is 12.9. The summed E-state index contributed by atoms with van der Waals surface area (Å²) >= 11 is 6.20. The van der Waals surface area contributed by atoms with Gasteiger partial charge in [-0.1, -0.05) is 23.7 Å². The Morgan fingerprint density at radius 2 is 2.05 bits per heavy atom. The number of hydrogen-bond acceptors (Lipinski definition) is 3. The lowest BCUT2D eigenvalue weighted by molar-refractivity contribution is 0.0495. The third kappa shape index (κ3) is 3.89. The predicted molar refractivity (Wildman–Crippen MR) is 82.4 cm³/mol. The summed E-state index contributed by atoms with van der Waals surface area (Å²) in [6.45, 7) is 7.17. The molecule has 0 aliphatic heterocycles. The number of carbonyl (C=O) groups excluding carboxylic acids is 1. The molecule has 1 fully saturated rings. The molecular weight excluding hydrogens is 290 g/mol. The summed E-state index contributed by atoms with van der Waals surface area (Å²) in [5.41, 5.74) is 0.730. The Hall–Kier alpha value is -1.26. The molecule has 1 saturated carbocycles. The molecule has 2 rings (SSSR count). The minimum Gasteiger partial charge on any atom is -0.444 e. The van der Waals surface area contributed by atoms with Gasteiger partial charge in [0.05, 0.1) is 11.6 Å². The smallest absolute Gasteiger partial charge is 0.408 e. The van der Waals surface area contributed by atoms with Gasteiger partial charge in [0.1, 0.15) is 5.60 Å². The first-order valence-corrected chi connectivity index (χ1v) is 7.50. The van der Waals surface area contributed by atoms with Gasteiger partial charge in [0.15, 0.2) is 0 Å². The number of hydrogen-bond donors (Lipinski definition) is 2. The molecule has 0 radical (unpaired) electrons. The maximum absolute atomic E-state index is 11.9. The molecular formula is C16H22ClNO3. The molecule has 2 N–H and O–H groups in total. The maximum Gasteiger partial charge on any atom is 0.408 e. The summed E-state index contributed by atoms with van der Waals surface area (Å²) in [6, 6.07) is 5.52. The van der Waals surface area contributed by atoms with E-state index in [2.05, 4.69) is 5.32 Å². The quantitative estimate of drug-likeness (QED) is 0.890. The van der Waals surface area contributed by atoms with Crippen molar-refractivity contribution in [2.24, 2.45) is 0 Å². The van der Waals surface area contributed by atoms with Crippen LogP contribution >= 0.6 is 11.6 Å². The average Bonchev–Trinajstić information content (AvgIpc) is 3.06. The zero-order chi connectivity index (χ0) is 15.8. The van der Waals surface area contributed by atoms with Gasteiger partial charge in [-0.2, -0.15) is 0 Å². The minimum absolute atomic E-state index is 0.386. The lowest BCUT2D eigenvalue weighted by atomic mass is 10.0. The molecule has 1 aliphatic rings. The van der Waals surface area contributed by atoms with E-state index in [0.717, 1.165) is 18.4 Å². The van der Waals surface area contributed by atoms with Gasteiger partial charge in [-0.25, -0.2) is 4.79 Å². The Morgan fingerprint density at radius 3 is 2.48 bits per heavy atom. The fraction of sp³-hybridized carbons (Fsp3) is 0.562. The third-order valence-corrected chi connectivity index (χ3v) is 3.82. The number of rotatable bonds is 3. The fourth-order valence-corrected chi connectivity index (χ4v) is 2.61. The summed E-state index contributed by atoms with van der Waals surface area (Å²) in [5, 5.41) is 13.1. The lowest BCUT2D eigenvalue weighted by Crippen LogP contribution is -2.39. The van der Waals surface area contributed by atoms with E-state index in [4.69, 9.17) is 16.3 Å². The summed E-state index contributed by atoms with van der Waals surface area (Å²) in [4.78, 5) is 11.9. The Bertz CT molecular complexity index is 545. The van der Waals surface area contributed by atoms with Gasteiger partial charge in [0, 0.05) is 5.02 Å². The normalized spacial score (nSPS) is 18.0. The van der Waals surface area contributed by atoms with Crippen LogP contribution in [0, 0.1) is 0 Å². The molecule has 0 bridgehead atoms. The number of aliphatic hydroxyl groups is 1. The van der Waals surface area contributed by atoms with Crippen molar-refractivity contribution in [3.63, 3.8) is 0 Å². The topological polar surface area (TPSA) is 58.6 Å². The second-order valence-electron chi connectivity index (χ2n) is 6.62. The summed E-state index contributed by atoms with van der Waals surface area (Å²) < 4.78 is 5.30. The molecule has 1 aromatic rings. The molecule has 1 aromatic carbocycles. The van der Waals surface area contributed by atoms with Crippen molar-refractivity contribution in [3.8, 4) is 0 Å². The van der Waals surface area contributed by atoms with Crippen LogP contribution in [0.1, 0.15) is 57.8 Å². The number of aliphatic hydroxyl groups excluding tert-OH is 1. The van der Waals surface area contributed by atoms with E-state index in [1.54, 1.807) is 13.0 Å². The Balaban J connectivity index is 2.14. The van der Waals surface area contributed by atoms with E-state index >= 15 is 0 Å². The van der Waals surface area contributed by atoms with E-state index in [1.165, 1.54) is 0 Å². The molecule has 21 heavy (non-hydrogen) atoms.